The average molecular weight is 632 g/mol. The molecule has 3 nitrogen and oxygen atoms in total. The van der Waals surface area contributed by atoms with Crippen molar-refractivity contribution in [1.82, 2.24) is 4.57 Å². The first kappa shape index (κ1) is 29.1. The van der Waals surface area contributed by atoms with Gasteiger partial charge in [0, 0.05) is 30.4 Å². The zero-order valence-corrected chi connectivity index (χ0v) is 26.8. The Morgan fingerprint density at radius 2 is 0.896 bits per heavy atom. The standard InChI is InChI=1S/C44H29N3S/c45-30-33-25-24-32(29-44(33)47-42-22-12-10-20-40(42)41-21-11-13-23-43(41)47)39-27-26-38(28-34(39)31-46)48(35-14-4-1-5-15-35,36-16-6-2-7-17-36)37-18-8-3-9-19-37/h1-29H. The fourth-order valence-electron chi connectivity index (χ4n) is 6.91. The second-order valence-corrected chi connectivity index (χ2v) is 14.7. The third kappa shape index (κ3) is 4.59. The van der Waals surface area contributed by atoms with E-state index in [1.54, 1.807) is 0 Å². The molecule has 8 rings (SSSR count). The molecule has 0 radical (unpaired) electrons. The van der Waals surface area contributed by atoms with Gasteiger partial charge in [-0.15, -0.1) is 10.0 Å². The predicted octanol–water partition coefficient (Wildman–Crippen LogP) is 11.5. The number of nitriles is 2. The van der Waals surface area contributed by atoms with Crippen molar-refractivity contribution in [3.05, 3.63) is 187 Å². The minimum atomic E-state index is -1.94. The second kappa shape index (κ2) is 12.1. The molecule has 226 valence electrons. The lowest BCUT2D eigenvalue weighted by atomic mass is 9.98. The zero-order valence-electron chi connectivity index (χ0n) is 26.0. The first-order chi connectivity index (χ1) is 23.7. The highest BCUT2D eigenvalue weighted by Gasteiger charge is 2.33. The lowest BCUT2D eigenvalue weighted by molar-refractivity contribution is 1.17. The quantitative estimate of drug-likeness (QED) is 0.183. The molecule has 1 heterocycles. The number of para-hydroxylation sites is 2. The van der Waals surface area contributed by atoms with Gasteiger partial charge in [-0.25, -0.2) is 0 Å². The van der Waals surface area contributed by atoms with E-state index in [9.17, 15) is 10.5 Å². The number of nitrogens with zero attached hydrogens (tertiary/aromatic N) is 3. The highest BCUT2D eigenvalue weighted by Crippen LogP contribution is 2.73. The molecule has 48 heavy (non-hydrogen) atoms. The van der Waals surface area contributed by atoms with E-state index in [0.29, 0.717) is 11.1 Å². The third-order valence-electron chi connectivity index (χ3n) is 9.01. The Hall–Kier alpha value is -6.33. The van der Waals surface area contributed by atoms with Crippen LogP contribution >= 0.6 is 10.0 Å². The van der Waals surface area contributed by atoms with Crippen LogP contribution in [0, 0.1) is 22.7 Å². The topological polar surface area (TPSA) is 52.5 Å². The molecule has 0 bridgehead atoms. The van der Waals surface area contributed by atoms with Crippen molar-refractivity contribution < 1.29 is 0 Å². The number of rotatable bonds is 6. The van der Waals surface area contributed by atoms with E-state index < -0.39 is 10.0 Å². The van der Waals surface area contributed by atoms with Crippen LogP contribution < -0.4 is 0 Å². The smallest absolute Gasteiger partial charge is 0.101 e. The van der Waals surface area contributed by atoms with Gasteiger partial charge in [0.05, 0.1) is 33.9 Å². The molecule has 0 saturated carbocycles. The van der Waals surface area contributed by atoms with Gasteiger partial charge in [0.15, 0.2) is 0 Å². The van der Waals surface area contributed by atoms with Gasteiger partial charge in [-0.3, -0.25) is 0 Å². The summed E-state index contributed by atoms with van der Waals surface area (Å²) in [4.78, 5) is 4.69. The van der Waals surface area contributed by atoms with E-state index in [0.717, 1.165) is 43.5 Å². The molecule has 0 aliphatic heterocycles. The molecule has 4 heteroatoms. The molecular formula is C44H29N3S. The van der Waals surface area contributed by atoms with Crippen molar-refractivity contribution in [1.29, 1.82) is 10.5 Å². The van der Waals surface area contributed by atoms with E-state index >= 15 is 0 Å². The van der Waals surface area contributed by atoms with E-state index in [2.05, 4.69) is 138 Å². The summed E-state index contributed by atoms with van der Waals surface area (Å²) >= 11 is 0. The van der Waals surface area contributed by atoms with Gasteiger partial charge in [0.2, 0.25) is 0 Å². The Morgan fingerprint density at radius 1 is 0.417 bits per heavy atom. The van der Waals surface area contributed by atoms with Crippen LogP contribution in [0.15, 0.2) is 196 Å². The Morgan fingerprint density at radius 3 is 1.40 bits per heavy atom. The van der Waals surface area contributed by atoms with Crippen LogP contribution in [-0.2, 0) is 0 Å². The molecule has 1 aromatic heterocycles. The summed E-state index contributed by atoms with van der Waals surface area (Å²) in [6, 6.07) is 65.7. The first-order valence-corrected chi connectivity index (χ1v) is 17.4. The summed E-state index contributed by atoms with van der Waals surface area (Å²) in [6.07, 6.45) is 0. The van der Waals surface area contributed by atoms with Crippen molar-refractivity contribution in [2.75, 3.05) is 0 Å². The van der Waals surface area contributed by atoms with Gasteiger partial charge in [0.1, 0.15) is 6.07 Å². The molecule has 0 amide bonds. The van der Waals surface area contributed by atoms with Crippen LogP contribution in [0.4, 0.5) is 0 Å². The minimum absolute atomic E-state index is 0.570. The fraction of sp³-hybridized carbons (Fsp3) is 0. The van der Waals surface area contributed by atoms with Crippen molar-refractivity contribution in [3.63, 3.8) is 0 Å². The summed E-state index contributed by atoms with van der Waals surface area (Å²) in [5, 5.41) is 23.2. The SMILES string of the molecule is N#Cc1cc(S(c2ccccc2)(c2ccccc2)c2ccccc2)ccc1-c1ccc(C#N)c(-n2c3ccccc3c3ccccc32)c1. The second-order valence-electron chi connectivity index (χ2n) is 11.6. The summed E-state index contributed by atoms with van der Waals surface area (Å²) < 4.78 is 2.17. The lowest BCUT2D eigenvalue weighted by Gasteiger charge is -2.42. The normalized spacial score (nSPS) is 11.6. The van der Waals surface area contributed by atoms with E-state index in [1.165, 1.54) is 14.7 Å². The Labute approximate surface area is 281 Å². The molecule has 0 spiro atoms. The van der Waals surface area contributed by atoms with E-state index in [1.807, 2.05) is 54.6 Å². The predicted molar refractivity (Wildman–Crippen MR) is 196 cm³/mol. The van der Waals surface area contributed by atoms with Crippen LogP contribution in [0.3, 0.4) is 0 Å². The molecule has 0 saturated heterocycles. The molecule has 0 fully saturated rings. The Balaban J connectivity index is 1.37. The van der Waals surface area contributed by atoms with E-state index in [4.69, 9.17) is 0 Å². The molecule has 0 aliphatic carbocycles. The van der Waals surface area contributed by atoms with Crippen LogP contribution in [0.25, 0.3) is 38.6 Å². The number of fused-ring (bicyclic) bond motifs is 3. The fourth-order valence-corrected chi connectivity index (χ4v) is 10.8. The number of aromatic nitrogens is 1. The number of hydrogen-bond donors (Lipinski definition) is 0. The maximum atomic E-state index is 10.7. The summed E-state index contributed by atoms with van der Waals surface area (Å²) in [6.45, 7) is 0. The maximum absolute atomic E-state index is 10.7. The summed E-state index contributed by atoms with van der Waals surface area (Å²) in [7, 11) is -1.94. The van der Waals surface area contributed by atoms with Crippen molar-refractivity contribution >= 4 is 31.8 Å². The van der Waals surface area contributed by atoms with Gasteiger partial charge in [-0.1, -0.05) is 103 Å². The maximum Gasteiger partial charge on any atom is 0.101 e. The van der Waals surface area contributed by atoms with Gasteiger partial charge >= 0.3 is 0 Å². The minimum Gasteiger partial charge on any atom is -0.308 e. The van der Waals surface area contributed by atoms with Crippen LogP contribution in [-0.4, -0.2) is 4.57 Å². The average Bonchev–Trinajstić information content (AvgIpc) is 3.50. The number of hydrogen-bond acceptors (Lipinski definition) is 2. The molecule has 7 aromatic carbocycles. The highest BCUT2D eigenvalue weighted by molar-refractivity contribution is 8.34. The Bertz CT molecular complexity index is 2370. The highest BCUT2D eigenvalue weighted by atomic mass is 32.3. The molecule has 0 N–H and O–H groups in total. The van der Waals surface area contributed by atoms with Crippen molar-refractivity contribution in [3.8, 4) is 29.0 Å². The third-order valence-corrected chi connectivity index (χ3v) is 12.9. The van der Waals surface area contributed by atoms with Crippen LogP contribution in [0.2, 0.25) is 0 Å². The number of benzene rings is 7. The van der Waals surface area contributed by atoms with Gasteiger partial charge < -0.3 is 4.57 Å². The van der Waals surface area contributed by atoms with Crippen molar-refractivity contribution in [2.24, 2.45) is 0 Å². The van der Waals surface area contributed by atoms with Crippen LogP contribution in [0.5, 0.6) is 0 Å². The molecule has 0 aliphatic rings. The van der Waals surface area contributed by atoms with Gasteiger partial charge in [-0.05, 0) is 83.9 Å². The monoisotopic (exact) mass is 631 g/mol. The van der Waals surface area contributed by atoms with E-state index in [-0.39, 0.29) is 0 Å². The molecule has 8 aromatic rings. The lowest BCUT2D eigenvalue weighted by Crippen LogP contribution is -2.05. The zero-order chi connectivity index (χ0) is 32.5. The summed E-state index contributed by atoms with van der Waals surface area (Å²) in [5.41, 5.74) is 5.73. The van der Waals surface area contributed by atoms with Crippen LogP contribution in [0.1, 0.15) is 11.1 Å². The molecule has 0 atom stereocenters. The largest absolute Gasteiger partial charge is 0.308 e. The first-order valence-electron chi connectivity index (χ1n) is 15.8. The van der Waals surface area contributed by atoms with Gasteiger partial charge in [-0.2, -0.15) is 10.5 Å². The Kier molecular flexibility index (Phi) is 7.35. The summed E-state index contributed by atoms with van der Waals surface area (Å²) in [5.74, 6) is 0. The van der Waals surface area contributed by atoms with Crippen molar-refractivity contribution in [2.45, 2.75) is 19.6 Å². The molecular weight excluding hydrogens is 603 g/mol. The van der Waals surface area contributed by atoms with Gasteiger partial charge in [0.25, 0.3) is 0 Å². The molecule has 0 unspecified atom stereocenters.